The summed E-state index contributed by atoms with van der Waals surface area (Å²) in [5.41, 5.74) is -1.71. The van der Waals surface area contributed by atoms with Crippen molar-refractivity contribution in [2.45, 2.75) is 13.1 Å². The Bertz CT molecular complexity index is 592. The zero-order valence-electron chi connectivity index (χ0n) is 12.3. The van der Waals surface area contributed by atoms with Crippen LogP contribution in [0.5, 0.6) is 0 Å². The second-order valence-corrected chi connectivity index (χ2v) is 7.52. The Morgan fingerprint density at radius 3 is 1.55 bits per heavy atom. The fourth-order valence-corrected chi connectivity index (χ4v) is 3.67. The molecule has 0 aromatic carbocycles. The molecule has 0 unspecified atom stereocenters. The van der Waals surface area contributed by atoms with Gasteiger partial charge in [-0.1, -0.05) is 0 Å². The third-order valence-electron chi connectivity index (χ3n) is 2.86. The largest absolute Gasteiger partial charge is 0.336 e. The molecule has 0 amide bonds. The van der Waals surface area contributed by atoms with Crippen molar-refractivity contribution < 1.29 is 0 Å². The lowest BCUT2D eigenvalue weighted by Crippen LogP contribution is -2.54. The van der Waals surface area contributed by atoms with Gasteiger partial charge in [0.1, 0.15) is 0 Å². The molecule has 0 atom stereocenters. The number of hydrogen-bond donors (Lipinski definition) is 0. The minimum Gasteiger partial charge on any atom is -0.248 e. The number of rotatable bonds is 10. The first kappa shape index (κ1) is 19.7. The van der Waals surface area contributed by atoms with Gasteiger partial charge in [0.2, 0.25) is 0 Å². The van der Waals surface area contributed by atoms with Crippen molar-refractivity contribution in [2.24, 2.45) is 7.05 Å². The van der Waals surface area contributed by atoms with Gasteiger partial charge in [0.05, 0.1) is 0 Å². The molecule has 1 heterocycles. The maximum atomic E-state index is 12.3. The van der Waals surface area contributed by atoms with Crippen LogP contribution in [0, 0.1) is 0 Å². The van der Waals surface area contributed by atoms with E-state index >= 15 is 0 Å². The monoisotopic (exact) mass is 387 g/mol. The van der Waals surface area contributed by atoms with Gasteiger partial charge in [-0.25, -0.2) is 28.1 Å². The van der Waals surface area contributed by atoms with Gasteiger partial charge in [0.25, 0.3) is 0 Å². The highest BCUT2D eigenvalue weighted by molar-refractivity contribution is 7.99. The fraction of sp³-hybridized carbons (Fsp3) is 0.750. The smallest absolute Gasteiger partial charge is 0.248 e. The van der Waals surface area contributed by atoms with Crippen molar-refractivity contribution in [1.29, 1.82) is 0 Å². The third kappa shape index (κ3) is 5.40. The van der Waals surface area contributed by atoms with E-state index in [0.29, 0.717) is 23.3 Å². The van der Waals surface area contributed by atoms with Crippen molar-refractivity contribution in [3.8, 4) is 0 Å². The van der Waals surface area contributed by atoms with Crippen LogP contribution >= 0.6 is 46.7 Å². The van der Waals surface area contributed by atoms with E-state index in [9.17, 15) is 14.4 Å². The molecule has 6 nitrogen and oxygen atoms in total. The van der Waals surface area contributed by atoms with Crippen LogP contribution in [-0.2, 0) is 20.1 Å². The molecule has 1 rings (SSSR count). The molecule has 10 heteroatoms. The molecule has 0 aliphatic heterocycles. The summed E-state index contributed by atoms with van der Waals surface area (Å²) in [5, 5.41) is 0. The molecule has 0 saturated heterocycles. The Morgan fingerprint density at radius 1 is 0.773 bits per heavy atom. The normalized spacial score (nSPS) is 11.0. The van der Waals surface area contributed by atoms with Crippen LogP contribution in [-0.4, -0.2) is 48.5 Å². The third-order valence-corrected chi connectivity index (χ3v) is 5.61. The van der Waals surface area contributed by atoms with Crippen LogP contribution in [0.4, 0.5) is 0 Å². The number of hydrogen-bond acceptors (Lipinski definition) is 5. The number of aromatic nitrogens is 3. The number of thioether (sulfide) groups is 2. The van der Waals surface area contributed by atoms with E-state index in [2.05, 4.69) is 0 Å². The molecule has 22 heavy (non-hydrogen) atoms. The highest BCUT2D eigenvalue weighted by Crippen LogP contribution is 2.01. The van der Waals surface area contributed by atoms with Crippen LogP contribution in [0.1, 0.15) is 0 Å². The van der Waals surface area contributed by atoms with Crippen LogP contribution in [0.3, 0.4) is 0 Å². The van der Waals surface area contributed by atoms with Crippen molar-refractivity contribution >= 4 is 46.7 Å². The molecular weight excluding hydrogens is 369 g/mol. The van der Waals surface area contributed by atoms with E-state index in [1.807, 2.05) is 0 Å². The van der Waals surface area contributed by atoms with Gasteiger partial charge >= 0.3 is 17.1 Å². The second kappa shape index (κ2) is 10.5. The van der Waals surface area contributed by atoms with Crippen molar-refractivity contribution in [2.75, 3.05) is 34.8 Å². The average Bonchev–Trinajstić information content (AvgIpc) is 2.51. The van der Waals surface area contributed by atoms with Crippen molar-refractivity contribution in [1.82, 2.24) is 13.7 Å². The zero-order chi connectivity index (χ0) is 16.5. The summed E-state index contributed by atoms with van der Waals surface area (Å²) in [6.07, 6.45) is 0. The van der Waals surface area contributed by atoms with Gasteiger partial charge in [0.15, 0.2) is 0 Å². The van der Waals surface area contributed by atoms with Crippen molar-refractivity contribution in [3.63, 3.8) is 0 Å². The van der Waals surface area contributed by atoms with E-state index in [-0.39, 0.29) is 13.1 Å². The highest BCUT2D eigenvalue weighted by atomic mass is 35.5. The zero-order valence-corrected chi connectivity index (χ0v) is 15.4. The predicted molar refractivity (Wildman–Crippen MR) is 96.3 cm³/mol. The Morgan fingerprint density at radius 2 is 1.18 bits per heavy atom. The maximum absolute atomic E-state index is 12.3. The molecule has 0 aliphatic carbocycles. The highest BCUT2D eigenvalue weighted by Gasteiger charge is 2.12. The number of nitrogens with zero attached hydrogens (tertiary/aromatic N) is 3. The lowest BCUT2D eigenvalue weighted by Gasteiger charge is -2.11. The first-order valence-electron chi connectivity index (χ1n) is 6.72. The number of halogens is 2. The Balaban J connectivity index is 2.97. The molecule has 0 saturated carbocycles. The quantitative estimate of drug-likeness (QED) is 0.435. The SMILES string of the molecule is Cn1c(=O)n(CCSCCCl)c(=O)n(CCSCCCl)c1=O. The van der Waals surface area contributed by atoms with Crippen LogP contribution < -0.4 is 17.1 Å². The Hall–Kier alpha value is -0.310. The van der Waals surface area contributed by atoms with E-state index in [4.69, 9.17) is 23.2 Å². The standard InChI is InChI=1S/C12H19Cl2N3O3S2/c1-15-10(18)16(4-8-21-6-2-13)12(20)17(11(15)19)5-9-22-7-3-14/h2-9H2,1H3. The van der Waals surface area contributed by atoms with Gasteiger partial charge in [-0.15, -0.1) is 23.2 Å². The molecule has 1 aromatic heterocycles. The van der Waals surface area contributed by atoms with Gasteiger partial charge in [-0.2, -0.15) is 23.5 Å². The van der Waals surface area contributed by atoms with Gasteiger partial charge in [-0.05, 0) is 0 Å². The Kier molecular flexibility index (Phi) is 9.39. The topological polar surface area (TPSA) is 66.0 Å². The van der Waals surface area contributed by atoms with Gasteiger partial charge in [-0.3, -0.25) is 0 Å². The van der Waals surface area contributed by atoms with E-state index in [0.717, 1.165) is 25.2 Å². The van der Waals surface area contributed by atoms with Gasteiger partial charge in [0, 0.05) is 54.9 Å². The lowest BCUT2D eigenvalue weighted by atomic mass is 10.6. The van der Waals surface area contributed by atoms with Crippen LogP contribution in [0.15, 0.2) is 14.4 Å². The summed E-state index contributed by atoms with van der Waals surface area (Å²) < 4.78 is 3.18. The summed E-state index contributed by atoms with van der Waals surface area (Å²) in [5.74, 6) is 3.75. The predicted octanol–water partition coefficient (Wildman–Crippen LogP) is 0.653. The molecule has 126 valence electrons. The summed E-state index contributed by atoms with van der Waals surface area (Å²) in [6.45, 7) is 0.532. The first-order valence-corrected chi connectivity index (χ1v) is 10.1. The summed E-state index contributed by atoms with van der Waals surface area (Å²) >= 11 is 14.3. The molecule has 0 spiro atoms. The maximum Gasteiger partial charge on any atom is 0.336 e. The molecular formula is C12H19Cl2N3O3S2. The molecule has 0 fully saturated rings. The number of alkyl halides is 2. The average molecular weight is 388 g/mol. The minimum absolute atomic E-state index is 0.266. The van der Waals surface area contributed by atoms with E-state index in [1.54, 1.807) is 23.5 Å². The Labute approximate surface area is 146 Å². The van der Waals surface area contributed by atoms with Crippen LogP contribution in [0.2, 0.25) is 0 Å². The lowest BCUT2D eigenvalue weighted by molar-refractivity contribution is 0.497. The summed E-state index contributed by atoms with van der Waals surface area (Å²) in [4.78, 5) is 36.4. The molecule has 0 N–H and O–H groups in total. The summed E-state index contributed by atoms with van der Waals surface area (Å²) in [6, 6.07) is 0. The van der Waals surface area contributed by atoms with Crippen LogP contribution in [0.25, 0.3) is 0 Å². The van der Waals surface area contributed by atoms with E-state index < -0.39 is 17.1 Å². The fourth-order valence-electron chi connectivity index (χ4n) is 1.76. The molecule has 0 radical (unpaired) electrons. The minimum atomic E-state index is -0.578. The van der Waals surface area contributed by atoms with Crippen molar-refractivity contribution in [3.05, 3.63) is 31.5 Å². The first-order chi connectivity index (χ1) is 10.5. The van der Waals surface area contributed by atoms with Gasteiger partial charge < -0.3 is 0 Å². The molecule has 0 bridgehead atoms. The molecule has 0 aliphatic rings. The molecule has 1 aromatic rings. The summed E-state index contributed by atoms with van der Waals surface area (Å²) in [7, 11) is 1.38. The van der Waals surface area contributed by atoms with E-state index in [1.165, 1.54) is 7.05 Å². The second-order valence-electron chi connectivity index (χ2n) is 4.31.